The summed E-state index contributed by atoms with van der Waals surface area (Å²) in [4.78, 5) is 15.4. The average molecular weight is 243 g/mol. The van der Waals surface area contributed by atoms with Gasteiger partial charge in [-0.3, -0.25) is 4.79 Å². The quantitative estimate of drug-likeness (QED) is 0.588. The van der Waals surface area contributed by atoms with Crippen LogP contribution in [-0.4, -0.2) is 54.0 Å². The fourth-order valence-electron chi connectivity index (χ4n) is 1.64. The third-order valence-corrected chi connectivity index (χ3v) is 3.17. The van der Waals surface area contributed by atoms with Gasteiger partial charge >= 0.3 is 0 Å². The van der Waals surface area contributed by atoms with Crippen LogP contribution in [0.5, 0.6) is 0 Å². The van der Waals surface area contributed by atoms with Crippen molar-refractivity contribution in [1.82, 2.24) is 15.1 Å². The minimum absolute atomic E-state index is 0.150. The number of rotatable bonds is 3. The van der Waals surface area contributed by atoms with Crippen LogP contribution in [-0.2, 0) is 4.79 Å². The first-order valence-corrected chi connectivity index (χ1v) is 6.32. The number of nitrogens with zero attached hydrogens (tertiary/aromatic N) is 2. The van der Waals surface area contributed by atoms with Gasteiger partial charge in [-0.05, 0) is 25.1 Å². The molecule has 1 saturated heterocycles. The summed E-state index contributed by atoms with van der Waals surface area (Å²) in [7, 11) is 1.85. The fourth-order valence-corrected chi connectivity index (χ4v) is 1.90. The summed E-state index contributed by atoms with van der Waals surface area (Å²) in [6.45, 7) is 5.15. The van der Waals surface area contributed by atoms with Crippen LogP contribution in [0.1, 0.15) is 26.2 Å². The summed E-state index contributed by atoms with van der Waals surface area (Å²) in [6.07, 6.45) is 3.25. The van der Waals surface area contributed by atoms with E-state index in [-0.39, 0.29) is 5.91 Å². The maximum Gasteiger partial charge on any atom is 0.241 e. The Bertz CT molecular complexity index is 258. The molecule has 0 saturated carbocycles. The second kappa shape index (κ2) is 6.68. The van der Waals surface area contributed by atoms with Crippen LogP contribution in [0.3, 0.4) is 0 Å². The zero-order chi connectivity index (χ0) is 12.0. The number of nitrogens with one attached hydrogen (secondary N) is 1. The Labute approximate surface area is 103 Å². The Hall–Kier alpha value is -0.840. The topological polar surface area (TPSA) is 35.6 Å². The summed E-state index contributed by atoms with van der Waals surface area (Å²) in [5.74, 6) is 0.150. The van der Waals surface area contributed by atoms with Crippen molar-refractivity contribution in [1.29, 1.82) is 0 Å². The molecule has 5 heteroatoms. The number of thiocarbonyl (C=S) groups is 1. The van der Waals surface area contributed by atoms with Gasteiger partial charge in [0.15, 0.2) is 5.11 Å². The lowest BCUT2D eigenvalue weighted by molar-refractivity contribution is -0.129. The molecule has 0 aromatic carbocycles. The van der Waals surface area contributed by atoms with Gasteiger partial charge in [-0.2, -0.15) is 0 Å². The van der Waals surface area contributed by atoms with Gasteiger partial charge in [-0.25, -0.2) is 0 Å². The first kappa shape index (κ1) is 13.2. The Kier molecular flexibility index (Phi) is 5.52. The molecule has 4 nitrogen and oxygen atoms in total. The third-order valence-electron chi connectivity index (χ3n) is 2.77. The molecule has 1 amide bonds. The monoisotopic (exact) mass is 243 g/mol. The van der Waals surface area contributed by atoms with Crippen molar-refractivity contribution in [3.05, 3.63) is 0 Å². The van der Waals surface area contributed by atoms with E-state index in [0.717, 1.165) is 44.0 Å². The predicted molar refractivity (Wildman–Crippen MR) is 69.3 cm³/mol. The third kappa shape index (κ3) is 3.96. The van der Waals surface area contributed by atoms with Crippen LogP contribution in [0, 0.1) is 0 Å². The molecular formula is C11H21N3OS. The Morgan fingerprint density at radius 3 is 2.94 bits per heavy atom. The molecule has 0 unspecified atom stereocenters. The van der Waals surface area contributed by atoms with Gasteiger partial charge in [0, 0.05) is 26.7 Å². The van der Waals surface area contributed by atoms with Crippen molar-refractivity contribution in [2.75, 3.05) is 33.2 Å². The Morgan fingerprint density at radius 1 is 1.50 bits per heavy atom. The van der Waals surface area contributed by atoms with E-state index in [4.69, 9.17) is 12.2 Å². The van der Waals surface area contributed by atoms with Crippen LogP contribution >= 0.6 is 12.2 Å². The van der Waals surface area contributed by atoms with Crippen LogP contribution in [0.25, 0.3) is 0 Å². The summed E-state index contributed by atoms with van der Waals surface area (Å²) in [5, 5.41) is 3.92. The summed E-state index contributed by atoms with van der Waals surface area (Å²) in [5.41, 5.74) is 0. The number of amides is 1. The fraction of sp³-hybridized carbons (Fsp3) is 0.818. The highest BCUT2D eigenvalue weighted by atomic mass is 32.1. The molecule has 1 fully saturated rings. The van der Waals surface area contributed by atoms with Gasteiger partial charge in [-0.1, -0.05) is 13.3 Å². The minimum atomic E-state index is 0.150. The van der Waals surface area contributed by atoms with Gasteiger partial charge in [0.2, 0.25) is 5.91 Å². The second-order valence-electron chi connectivity index (χ2n) is 4.18. The Balaban J connectivity index is 2.40. The van der Waals surface area contributed by atoms with E-state index >= 15 is 0 Å². The van der Waals surface area contributed by atoms with Crippen LogP contribution in [0.4, 0.5) is 0 Å². The number of carbonyl (C=O) groups excluding carboxylic acids is 1. The molecule has 1 N–H and O–H groups in total. The molecule has 1 rings (SSSR count). The lowest BCUT2D eigenvalue weighted by Crippen LogP contribution is -2.43. The summed E-state index contributed by atoms with van der Waals surface area (Å²) in [6, 6.07) is 0. The lowest BCUT2D eigenvalue weighted by atomic mass is 10.3. The molecule has 0 aromatic heterocycles. The van der Waals surface area contributed by atoms with E-state index in [9.17, 15) is 4.79 Å². The van der Waals surface area contributed by atoms with Crippen molar-refractivity contribution >= 4 is 23.2 Å². The van der Waals surface area contributed by atoms with Crippen molar-refractivity contribution in [3.8, 4) is 0 Å². The van der Waals surface area contributed by atoms with E-state index in [1.807, 2.05) is 11.9 Å². The minimum Gasteiger partial charge on any atom is -0.363 e. The number of likely N-dealkylation sites (N-methyl/N-ethyl adjacent to an activating group) is 1. The molecule has 0 aliphatic carbocycles. The molecule has 1 aliphatic heterocycles. The predicted octanol–water partition coefficient (Wildman–Crippen LogP) is 0.825. The largest absolute Gasteiger partial charge is 0.363 e. The molecule has 0 radical (unpaired) electrons. The van der Waals surface area contributed by atoms with Gasteiger partial charge in [0.1, 0.15) is 0 Å². The zero-order valence-corrected chi connectivity index (χ0v) is 11.0. The van der Waals surface area contributed by atoms with Crippen LogP contribution in [0.15, 0.2) is 0 Å². The number of hydrogen-bond donors (Lipinski definition) is 1. The molecular weight excluding hydrogens is 222 g/mol. The molecule has 0 atom stereocenters. The highest BCUT2D eigenvalue weighted by Crippen LogP contribution is 2.03. The number of hydrogen-bond acceptors (Lipinski definition) is 2. The SMILES string of the molecule is CCCCNC(=S)N1CCCN(C)C(=O)C1. The first-order chi connectivity index (χ1) is 7.65. The van der Waals surface area contributed by atoms with Crippen molar-refractivity contribution in [2.24, 2.45) is 0 Å². The molecule has 0 aromatic rings. The van der Waals surface area contributed by atoms with E-state index in [1.54, 1.807) is 4.90 Å². The van der Waals surface area contributed by atoms with Crippen LogP contribution < -0.4 is 5.32 Å². The van der Waals surface area contributed by atoms with Crippen molar-refractivity contribution in [2.45, 2.75) is 26.2 Å². The lowest BCUT2D eigenvalue weighted by Gasteiger charge is -2.23. The van der Waals surface area contributed by atoms with Crippen molar-refractivity contribution < 1.29 is 4.79 Å². The van der Waals surface area contributed by atoms with Gasteiger partial charge in [-0.15, -0.1) is 0 Å². The standard InChI is InChI=1S/C11H21N3OS/c1-3-4-6-12-11(16)14-8-5-7-13(2)10(15)9-14/h3-9H2,1-2H3,(H,12,16). The molecule has 0 spiro atoms. The Morgan fingerprint density at radius 2 is 2.25 bits per heavy atom. The maximum atomic E-state index is 11.7. The number of carbonyl (C=O) groups is 1. The van der Waals surface area contributed by atoms with Crippen molar-refractivity contribution in [3.63, 3.8) is 0 Å². The molecule has 1 heterocycles. The first-order valence-electron chi connectivity index (χ1n) is 5.92. The number of unbranched alkanes of at least 4 members (excludes halogenated alkanes) is 1. The maximum absolute atomic E-state index is 11.7. The summed E-state index contributed by atoms with van der Waals surface area (Å²) < 4.78 is 0. The smallest absolute Gasteiger partial charge is 0.241 e. The highest BCUT2D eigenvalue weighted by Gasteiger charge is 2.20. The molecule has 92 valence electrons. The van der Waals surface area contributed by atoms with E-state index in [1.165, 1.54) is 0 Å². The van der Waals surface area contributed by atoms with Gasteiger partial charge < -0.3 is 15.1 Å². The molecule has 0 bridgehead atoms. The van der Waals surface area contributed by atoms with E-state index < -0.39 is 0 Å². The summed E-state index contributed by atoms with van der Waals surface area (Å²) >= 11 is 5.28. The van der Waals surface area contributed by atoms with Gasteiger partial charge in [0.05, 0.1) is 6.54 Å². The molecule has 16 heavy (non-hydrogen) atoms. The normalized spacial score (nSPS) is 17.2. The van der Waals surface area contributed by atoms with E-state index in [2.05, 4.69) is 12.2 Å². The van der Waals surface area contributed by atoms with Crippen LogP contribution in [0.2, 0.25) is 0 Å². The van der Waals surface area contributed by atoms with Gasteiger partial charge in [0.25, 0.3) is 0 Å². The second-order valence-corrected chi connectivity index (χ2v) is 4.56. The average Bonchev–Trinajstić information content (AvgIpc) is 2.42. The molecule has 1 aliphatic rings. The van der Waals surface area contributed by atoms with E-state index in [0.29, 0.717) is 6.54 Å². The highest BCUT2D eigenvalue weighted by molar-refractivity contribution is 7.80. The zero-order valence-electron chi connectivity index (χ0n) is 10.2.